The number of rotatable bonds is 3. The molecule has 2 aromatic rings. The van der Waals surface area contributed by atoms with Crippen LogP contribution in [0.3, 0.4) is 0 Å². The molecule has 1 atom stereocenters. The summed E-state index contributed by atoms with van der Waals surface area (Å²) in [5.41, 5.74) is 6.50. The predicted molar refractivity (Wildman–Crippen MR) is 104 cm³/mol. The van der Waals surface area contributed by atoms with E-state index < -0.39 is 0 Å². The van der Waals surface area contributed by atoms with E-state index in [1.54, 1.807) is 11.3 Å². The summed E-state index contributed by atoms with van der Waals surface area (Å²) >= 11 is 0. The zero-order chi connectivity index (χ0) is 17.5. The summed E-state index contributed by atoms with van der Waals surface area (Å²) in [6, 6.07) is 13.4. The van der Waals surface area contributed by atoms with Gasteiger partial charge < -0.3 is 4.57 Å². The van der Waals surface area contributed by atoms with Crippen LogP contribution >= 0.6 is 0 Å². The smallest absolute Gasteiger partial charge is 0.0455 e. The Labute approximate surface area is 148 Å². The number of benzene rings is 1. The molecule has 24 heavy (non-hydrogen) atoms. The minimum Gasteiger partial charge on any atom is -0.317 e. The molecular formula is C23H33N. The quantitative estimate of drug-likeness (QED) is 0.623. The summed E-state index contributed by atoms with van der Waals surface area (Å²) in [6.45, 7) is 14.2. The third kappa shape index (κ3) is 3.06. The molecule has 1 aromatic carbocycles. The lowest BCUT2D eigenvalue weighted by molar-refractivity contribution is 0.182. The second kappa shape index (κ2) is 6.10. The van der Waals surface area contributed by atoms with E-state index in [2.05, 4.69) is 82.5 Å². The molecule has 0 spiro atoms. The van der Waals surface area contributed by atoms with Gasteiger partial charge in [0.2, 0.25) is 0 Å². The van der Waals surface area contributed by atoms with Gasteiger partial charge in [-0.2, -0.15) is 0 Å². The van der Waals surface area contributed by atoms with Crippen molar-refractivity contribution in [3.63, 3.8) is 0 Å². The van der Waals surface area contributed by atoms with Crippen LogP contribution in [0.4, 0.5) is 0 Å². The molecule has 130 valence electrons. The SMILES string of the molecule is CCC(C)(C)C1CCc2c(cc(C(C)(C)C)n2-c2ccccc2)C1. The van der Waals surface area contributed by atoms with Gasteiger partial charge in [0.05, 0.1) is 0 Å². The summed E-state index contributed by atoms with van der Waals surface area (Å²) in [7, 11) is 0. The highest BCUT2D eigenvalue weighted by molar-refractivity contribution is 5.45. The first-order valence-electron chi connectivity index (χ1n) is 9.53. The van der Waals surface area contributed by atoms with E-state index in [9.17, 15) is 0 Å². The average Bonchev–Trinajstić information content (AvgIpc) is 2.94. The van der Waals surface area contributed by atoms with Crippen LogP contribution in [0.5, 0.6) is 0 Å². The van der Waals surface area contributed by atoms with Crippen LogP contribution in [0.15, 0.2) is 36.4 Å². The Hall–Kier alpha value is -1.50. The molecule has 1 aliphatic carbocycles. The zero-order valence-electron chi connectivity index (χ0n) is 16.3. The van der Waals surface area contributed by atoms with Crippen molar-refractivity contribution in [1.82, 2.24) is 4.57 Å². The molecule has 3 rings (SSSR count). The average molecular weight is 324 g/mol. The molecule has 0 saturated heterocycles. The van der Waals surface area contributed by atoms with Crippen molar-refractivity contribution in [2.24, 2.45) is 11.3 Å². The molecule has 0 saturated carbocycles. The largest absolute Gasteiger partial charge is 0.317 e. The first-order valence-corrected chi connectivity index (χ1v) is 9.53. The number of fused-ring (bicyclic) bond motifs is 1. The van der Waals surface area contributed by atoms with Crippen LogP contribution in [-0.4, -0.2) is 4.57 Å². The van der Waals surface area contributed by atoms with E-state index in [1.807, 2.05) is 0 Å². The molecule has 1 aliphatic rings. The van der Waals surface area contributed by atoms with Crippen LogP contribution < -0.4 is 0 Å². The summed E-state index contributed by atoms with van der Waals surface area (Å²) < 4.78 is 2.55. The monoisotopic (exact) mass is 323 g/mol. The lowest BCUT2D eigenvalue weighted by atomic mass is 9.69. The second-order valence-corrected chi connectivity index (χ2v) is 9.20. The highest BCUT2D eigenvalue weighted by atomic mass is 15.0. The highest BCUT2D eigenvalue weighted by Gasteiger charge is 2.34. The second-order valence-electron chi connectivity index (χ2n) is 9.20. The van der Waals surface area contributed by atoms with Gasteiger partial charge in [0.15, 0.2) is 0 Å². The normalized spacial score (nSPS) is 18.5. The number of nitrogens with zero attached hydrogens (tertiary/aromatic N) is 1. The fourth-order valence-electron chi connectivity index (χ4n) is 4.11. The van der Waals surface area contributed by atoms with Crippen molar-refractivity contribution < 1.29 is 0 Å². The van der Waals surface area contributed by atoms with Gasteiger partial charge in [0, 0.05) is 22.5 Å². The number of hydrogen-bond donors (Lipinski definition) is 0. The topological polar surface area (TPSA) is 4.93 Å². The van der Waals surface area contributed by atoms with Crippen molar-refractivity contribution in [1.29, 1.82) is 0 Å². The highest BCUT2D eigenvalue weighted by Crippen LogP contribution is 2.42. The van der Waals surface area contributed by atoms with Crippen LogP contribution in [0.1, 0.15) is 71.3 Å². The number of aromatic nitrogens is 1. The van der Waals surface area contributed by atoms with Crippen molar-refractivity contribution in [2.45, 2.75) is 72.6 Å². The first-order chi connectivity index (χ1) is 11.2. The molecule has 1 heterocycles. The van der Waals surface area contributed by atoms with E-state index in [0.29, 0.717) is 5.41 Å². The molecule has 0 bridgehead atoms. The van der Waals surface area contributed by atoms with Crippen LogP contribution in [-0.2, 0) is 18.3 Å². The summed E-state index contributed by atoms with van der Waals surface area (Å²) in [5.74, 6) is 0.800. The molecule has 0 radical (unpaired) electrons. The fraction of sp³-hybridized carbons (Fsp3) is 0.565. The van der Waals surface area contributed by atoms with Gasteiger partial charge in [-0.25, -0.2) is 0 Å². The minimum atomic E-state index is 0.156. The zero-order valence-corrected chi connectivity index (χ0v) is 16.3. The van der Waals surface area contributed by atoms with E-state index in [1.165, 1.54) is 37.1 Å². The summed E-state index contributed by atoms with van der Waals surface area (Å²) in [4.78, 5) is 0. The van der Waals surface area contributed by atoms with Crippen LogP contribution in [0, 0.1) is 11.3 Å². The lowest BCUT2D eigenvalue weighted by Crippen LogP contribution is -2.29. The van der Waals surface area contributed by atoms with Crippen molar-refractivity contribution >= 4 is 0 Å². The maximum Gasteiger partial charge on any atom is 0.0455 e. The standard InChI is InChI=1S/C23H33N/c1-7-23(5,6)18-13-14-20-17(15-18)16-21(22(2,3)4)24(20)19-11-9-8-10-12-19/h8-12,16,18H,7,13-15H2,1-6H3. The maximum atomic E-state index is 2.55. The summed E-state index contributed by atoms with van der Waals surface area (Å²) in [5, 5.41) is 0. The Balaban J connectivity index is 2.09. The Kier molecular flexibility index (Phi) is 4.40. The minimum absolute atomic E-state index is 0.156. The molecule has 1 unspecified atom stereocenters. The molecule has 0 fully saturated rings. The molecule has 0 amide bonds. The Bertz CT molecular complexity index is 698. The predicted octanol–water partition coefficient (Wildman–Crippen LogP) is 6.32. The van der Waals surface area contributed by atoms with Gasteiger partial charge in [-0.1, -0.05) is 66.2 Å². The van der Waals surface area contributed by atoms with Gasteiger partial charge >= 0.3 is 0 Å². The molecule has 1 heteroatoms. The van der Waals surface area contributed by atoms with Crippen LogP contribution in [0.2, 0.25) is 0 Å². The van der Waals surface area contributed by atoms with Crippen molar-refractivity contribution in [3.05, 3.63) is 53.3 Å². The van der Waals surface area contributed by atoms with E-state index >= 15 is 0 Å². The van der Waals surface area contributed by atoms with Gasteiger partial charge in [-0.15, -0.1) is 0 Å². The molecule has 1 aromatic heterocycles. The molecule has 1 nitrogen and oxygen atoms in total. The Morgan fingerprint density at radius 2 is 1.71 bits per heavy atom. The third-order valence-electron chi connectivity index (χ3n) is 6.19. The molecule has 0 N–H and O–H groups in total. The number of hydrogen-bond acceptors (Lipinski definition) is 0. The third-order valence-corrected chi connectivity index (χ3v) is 6.19. The molecular weight excluding hydrogens is 290 g/mol. The van der Waals surface area contributed by atoms with Gasteiger partial charge in [-0.05, 0) is 54.4 Å². The Morgan fingerprint density at radius 3 is 2.29 bits per heavy atom. The van der Waals surface area contributed by atoms with Gasteiger partial charge in [0.1, 0.15) is 0 Å². The fourth-order valence-corrected chi connectivity index (χ4v) is 4.11. The number of para-hydroxylation sites is 1. The summed E-state index contributed by atoms with van der Waals surface area (Å²) in [6.07, 6.45) is 5.01. The lowest BCUT2D eigenvalue weighted by Gasteiger charge is -2.36. The van der Waals surface area contributed by atoms with E-state index in [4.69, 9.17) is 0 Å². The Morgan fingerprint density at radius 1 is 1.04 bits per heavy atom. The van der Waals surface area contributed by atoms with Gasteiger partial charge in [-0.3, -0.25) is 0 Å². The van der Waals surface area contributed by atoms with Crippen molar-refractivity contribution in [2.75, 3.05) is 0 Å². The van der Waals surface area contributed by atoms with E-state index in [-0.39, 0.29) is 5.41 Å². The van der Waals surface area contributed by atoms with Crippen LogP contribution in [0.25, 0.3) is 5.69 Å². The van der Waals surface area contributed by atoms with Crippen molar-refractivity contribution in [3.8, 4) is 5.69 Å². The van der Waals surface area contributed by atoms with E-state index in [0.717, 1.165) is 5.92 Å². The van der Waals surface area contributed by atoms with Gasteiger partial charge in [0.25, 0.3) is 0 Å². The first kappa shape index (κ1) is 17.3. The molecule has 0 aliphatic heterocycles. The maximum absolute atomic E-state index is 2.55.